The molecule has 0 radical (unpaired) electrons. The molecule has 1 saturated heterocycles. The predicted octanol–water partition coefficient (Wildman–Crippen LogP) is 7.37. The standard InChI is InChI=1S/C36H36N2O3/c1-25-32(28-13-11-27(12-14-28)22-38-19-17-31(40)23-38)7-5-9-34(25)35-10-6-8-33(26(35)2)29-15-16-30(24-39)36(21-29)41-20-4-3-18-37/h5-16,21,24,31,40H,3-4,17,19-20,22-23H2,1-2H3/t31-/m1/s1. The van der Waals surface area contributed by atoms with E-state index in [4.69, 9.17) is 10.00 Å². The maximum Gasteiger partial charge on any atom is 0.153 e. The van der Waals surface area contributed by atoms with E-state index < -0.39 is 0 Å². The Morgan fingerprint density at radius 3 is 2.17 bits per heavy atom. The summed E-state index contributed by atoms with van der Waals surface area (Å²) in [6.07, 6.45) is 2.50. The van der Waals surface area contributed by atoms with E-state index in [9.17, 15) is 9.90 Å². The Balaban J connectivity index is 1.42. The van der Waals surface area contributed by atoms with E-state index in [0.717, 1.165) is 49.0 Å². The zero-order valence-corrected chi connectivity index (χ0v) is 23.8. The Labute approximate surface area is 242 Å². The van der Waals surface area contributed by atoms with Crippen LogP contribution in [-0.4, -0.2) is 42.1 Å². The lowest BCUT2D eigenvalue weighted by atomic mass is 9.88. The van der Waals surface area contributed by atoms with Gasteiger partial charge in [-0.3, -0.25) is 9.69 Å². The largest absolute Gasteiger partial charge is 0.493 e. The first-order valence-corrected chi connectivity index (χ1v) is 14.3. The van der Waals surface area contributed by atoms with Gasteiger partial charge in [0.25, 0.3) is 0 Å². The van der Waals surface area contributed by atoms with Crippen molar-refractivity contribution in [1.29, 1.82) is 5.26 Å². The average molecular weight is 545 g/mol. The summed E-state index contributed by atoms with van der Waals surface area (Å²) in [5, 5.41) is 18.6. The number of benzene rings is 4. The van der Waals surface area contributed by atoms with Gasteiger partial charge >= 0.3 is 0 Å². The van der Waals surface area contributed by atoms with E-state index in [-0.39, 0.29) is 6.10 Å². The first kappa shape index (κ1) is 28.3. The summed E-state index contributed by atoms with van der Waals surface area (Å²) in [5.41, 5.74) is 11.0. The number of aliphatic hydroxyl groups is 1. The molecule has 5 nitrogen and oxygen atoms in total. The molecule has 0 amide bonds. The number of unbranched alkanes of at least 4 members (excludes halogenated alkanes) is 1. The van der Waals surface area contributed by atoms with Gasteiger partial charge in [0, 0.05) is 26.1 Å². The number of carbonyl (C=O) groups is 1. The van der Waals surface area contributed by atoms with Crippen LogP contribution in [0.25, 0.3) is 33.4 Å². The van der Waals surface area contributed by atoms with Gasteiger partial charge in [-0.25, -0.2) is 0 Å². The lowest BCUT2D eigenvalue weighted by molar-refractivity contribution is 0.111. The molecule has 1 atom stereocenters. The maximum atomic E-state index is 11.6. The van der Waals surface area contributed by atoms with Crippen molar-refractivity contribution in [2.24, 2.45) is 0 Å². The van der Waals surface area contributed by atoms with Crippen molar-refractivity contribution in [3.05, 3.63) is 101 Å². The van der Waals surface area contributed by atoms with E-state index in [1.807, 2.05) is 12.1 Å². The van der Waals surface area contributed by atoms with Crippen LogP contribution in [0.15, 0.2) is 78.9 Å². The summed E-state index contributed by atoms with van der Waals surface area (Å²) in [6.45, 7) is 7.28. The monoisotopic (exact) mass is 544 g/mol. The third kappa shape index (κ3) is 6.41. The zero-order chi connectivity index (χ0) is 28.8. The predicted molar refractivity (Wildman–Crippen MR) is 164 cm³/mol. The summed E-state index contributed by atoms with van der Waals surface area (Å²) in [5.74, 6) is 0.544. The number of aldehydes is 1. The highest BCUT2D eigenvalue weighted by molar-refractivity contribution is 5.86. The number of aliphatic hydroxyl groups excluding tert-OH is 1. The van der Waals surface area contributed by atoms with E-state index in [1.165, 1.54) is 33.4 Å². The molecule has 0 unspecified atom stereocenters. The van der Waals surface area contributed by atoms with Crippen molar-refractivity contribution >= 4 is 6.29 Å². The molecule has 1 fully saturated rings. The number of likely N-dealkylation sites (tertiary alicyclic amines) is 1. The van der Waals surface area contributed by atoms with Crippen LogP contribution in [-0.2, 0) is 6.54 Å². The minimum Gasteiger partial charge on any atom is -0.493 e. The van der Waals surface area contributed by atoms with Gasteiger partial charge in [0.05, 0.1) is 24.3 Å². The molecule has 0 spiro atoms. The number of carbonyl (C=O) groups excluding carboxylic acids is 1. The molecule has 0 aromatic heterocycles. The number of β-amino-alcohol motifs (C(OH)–C–C–N with tert-alkyl or cyclic N) is 1. The molecular formula is C36H36N2O3. The molecule has 1 heterocycles. The lowest BCUT2D eigenvalue weighted by Crippen LogP contribution is -2.21. The number of rotatable bonds is 10. The van der Waals surface area contributed by atoms with Crippen LogP contribution in [0, 0.1) is 25.2 Å². The van der Waals surface area contributed by atoms with Crippen molar-refractivity contribution in [3.8, 4) is 45.2 Å². The molecule has 5 heteroatoms. The number of nitrogens with zero attached hydrogens (tertiary/aromatic N) is 2. The second kappa shape index (κ2) is 13.0. The van der Waals surface area contributed by atoms with Crippen molar-refractivity contribution in [2.75, 3.05) is 19.7 Å². The third-order valence-corrected chi connectivity index (χ3v) is 8.02. The number of hydrogen-bond acceptors (Lipinski definition) is 5. The molecule has 4 aromatic rings. The van der Waals surface area contributed by atoms with Crippen LogP contribution >= 0.6 is 0 Å². The first-order chi connectivity index (χ1) is 20.0. The molecule has 0 saturated carbocycles. The van der Waals surface area contributed by atoms with Gasteiger partial charge in [-0.05, 0) is 88.9 Å². The summed E-state index contributed by atoms with van der Waals surface area (Å²) in [4.78, 5) is 13.9. The van der Waals surface area contributed by atoms with Gasteiger partial charge < -0.3 is 9.84 Å². The molecule has 1 aliphatic rings. The van der Waals surface area contributed by atoms with E-state index in [1.54, 1.807) is 6.07 Å². The summed E-state index contributed by atoms with van der Waals surface area (Å²) < 4.78 is 5.88. The Kier molecular flexibility index (Phi) is 8.94. The fraction of sp³-hybridized carbons (Fsp3) is 0.278. The van der Waals surface area contributed by atoms with Crippen molar-refractivity contribution in [2.45, 2.75) is 45.8 Å². The summed E-state index contributed by atoms with van der Waals surface area (Å²) in [7, 11) is 0. The fourth-order valence-corrected chi connectivity index (χ4v) is 5.74. The summed E-state index contributed by atoms with van der Waals surface area (Å²) >= 11 is 0. The Morgan fingerprint density at radius 1 is 0.927 bits per heavy atom. The zero-order valence-electron chi connectivity index (χ0n) is 23.8. The Hall–Kier alpha value is -4.24. The molecular weight excluding hydrogens is 508 g/mol. The Morgan fingerprint density at radius 2 is 1.56 bits per heavy atom. The van der Waals surface area contributed by atoms with Gasteiger partial charge in [0.15, 0.2) is 6.29 Å². The van der Waals surface area contributed by atoms with Crippen LogP contribution in [0.3, 0.4) is 0 Å². The first-order valence-electron chi connectivity index (χ1n) is 14.3. The number of ether oxygens (including phenoxy) is 1. The third-order valence-electron chi connectivity index (χ3n) is 8.02. The quantitative estimate of drug-likeness (QED) is 0.167. The fourth-order valence-electron chi connectivity index (χ4n) is 5.74. The highest BCUT2D eigenvalue weighted by Crippen LogP contribution is 2.38. The lowest BCUT2D eigenvalue weighted by Gasteiger charge is -2.18. The molecule has 1 N–H and O–H groups in total. The molecule has 208 valence electrons. The van der Waals surface area contributed by atoms with Gasteiger partial charge in [-0.2, -0.15) is 5.26 Å². The van der Waals surface area contributed by atoms with Crippen LogP contribution in [0.2, 0.25) is 0 Å². The SMILES string of the molecule is Cc1c(-c2ccc(CN3CC[C@@H](O)C3)cc2)cccc1-c1cccc(-c2ccc(C=O)c(OCCCC#N)c2)c1C. The average Bonchev–Trinajstić information content (AvgIpc) is 3.40. The van der Waals surface area contributed by atoms with E-state index in [0.29, 0.717) is 30.8 Å². The number of nitriles is 1. The second-order valence-electron chi connectivity index (χ2n) is 10.8. The minimum atomic E-state index is -0.201. The molecule has 1 aliphatic heterocycles. The highest BCUT2D eigenvalue weighted by Gasteiger charge is 2.20. The van der Waals surface area contributed by atoms with Gasteiger partial charge in [0.2, 0.25) is 0 Å². The van der Waals surface area contributed by atoms with Crippen LogP contribution in [0.4, 0.5) is 0 Å². The van der Waals surface area contributed by atoms with Gasteiger partial charge in [-0.15, -0.1) is 0 Å². The van der Waals surface area contributed by atoms with Gasteiger partial charge in [0.1, 0.15) is 5.75 Å². The molecule has 5 rings (SSSR count). The van der Waals surface area contributed by atoms with Gasteiger partial charge in [-0.1, -0.05) is 66.7 Å². The smallest absolute Gasteiger partial charge is 0.153 e. The molecule has 0 aliphatic carbocycles. The van der Waals surface area contributed by atoms with Crippen molar-refractivity contribution < 1.29 is 14.6 Å². The normalized spacial score (nSPS) is 15.0. The summed E-state index contributed by atoms with van der Waals surface area (Å²) in [6, 6.07) is 29.4. The van der Waals surface area contributed by atoms with Crippen LogP contribution in [0.1, 0.15) is 46.3 Å². The second-order valence-corrected chi connectivity index (χ2v) is 10.8. The maximum absolute atomic E-state index is 11.6. The molecule has 0 bridgehead atoms. The number of hydrogen-bond donors (Lipinski definition) is 1. The topological polar surface area (TPSA) is 73.6 Å². The molecule has 41 heavy (non-hydrogen) atoms. The van der Waals surface area contributed by atoms with Crippen molar-refractivity contribution in [3.63, 3.8) is 0 Å². The Bertz CT molecular complexity index is 1570. The van der Waals surface area contributed by atoms with Crippen LogP contribution < -0.4 is 4.74 Å². The van der Waals surface area contributed by atoms with E-state index in [2.05, 4.69) is 85.5 Å². The van der Waals surface area contributed by atoms with Crippen molar-refractivity contribution in [1.82, 2.24) is 4.90 Å². The molecule has 4 aromatic carbocycles. The van der Waals surface area contributed by atoms with E-state index >= 15 is 0 Å². The minimum absolute atomic E-state index is 0.201. The van der Waals surface area contributed by atoms with Crippen LogP contribution in [0.5, 0.6) is 5.75 Å². The highest BCUT2D eigenvalue weighted by atomic mass is 16.5.